The molecule has 2 N–H and O–H groups in total. The highest BCUT2D eigenvalue weighted by atomic mass is 16.5. The molecule has 0 radical (unpaired) electrons. The average molecular weight is 424 g/mol. The molecule has 7 nitrogen and oxygen atoms in total. The van der Waals surface area contributed by atoms with E-state index in [9.17, 15) is 9.59 Å². The maximum absolute atomic E-state index is 13.2. The van der Waals surface area contributed by atoms with Crippen molar-refractivity contribution in [2.45, 2.75) is 32.2 Å². The molecule has 164 valence electrons. The second-order valence-corrected chi connectivity index (χ2v) is 8.18. The Hall–Kier alpha value is -3.22. The fraction of sp³-hybridized carbons (Fsp3) is 0.417. The lowest BCUT2D eigenvalue weighted by Gasteiger charge is -2.38. The fourth-order valence-electron chi connectivity index (χ4n) is 4.01. The molecule has 0 aromatic heterocycles. The molecule has 2 aromatic rings. The number of fused-ring (bicyclic) bond motifs is 1. The maximum atomic E-state index is 13.2. The number of urea groups is 1. The SMILES string of the molecule is COc1cc2c(cc1OC)[C@@H](CNC(=O)C1CC1)N(C(=O)Nc1ccc(C)cc1)CC2. The topological polar surface area (TPSA) is 79.9 Å². The summed E-state index contributed by atoms with van der Waals surface area (Å²) in [7, 11) is 3.21. The summed E-state index contributed by atoms with van der Waals surface area (Å²) in [6, 6.07) is 11.1. The number of hydrogen-bond donors (Lipinski definition) is 2. The molecule has 1 aliphatic carbocycles. The zero-order valence-electron chi connectivity index (χ0n) is 18.2. The number of carbonyl (C=O) groups is 2. The van der Waals surface area contributed by atoms with Crippen LogP contribution in [0.15, 0.2) is 36.4 Å². The number of hydrogen-bond acceptors (Lipinski definition) is 4. The molecule has 2 aromatic carbocycles. The van der Waals surface area contributed by atoms with Crippen LogP contribution in [0.25, 0.3) is 0 Å². The third kappa shape index (κ3) is 4.60. The summed E-state index contributed by atoms with van der Waals surface area (Å²) in [5, 5.41) is 6.04. The van der Waals surface area contributed by atoms with E-state index in [1.165, 1.54) is 0 Å². The van der Waals surface area contributed by atoms with Gasteiger partial charge in [0, 0.05) is 24.7 Å². The van der Waals surface area contributed by atoms with E-state index in [0.29, 0.717) is 31.0 Å². The fourth-order valence-corrected chi connectivity index (χ4v) is 4.01. The van der Waals surface area contributed by atoms with Gasteiger partial charge in [0.2, 0.25) is 5.91 Å². The van der Waals surface area contributed by atoms with E-state index in [4.69, 9.17) is 9.47 Å². The van der Waals surface area contributed by atoms with Crippen molar-refractivity contribution in [3.05, 3.63) is 53.1 Å². The average Bonchev–Trinajstić information content (AvgIpc) is 3.63. The van der Waals surface area contributed by atoms with Gasteiger partial charge < -0.3 is 25.0 Å². The molecule has 1 atom stereocenters. The number of methoxy groups -OCH3 is 2. The first-order valence-corrected chi connectivity index (χ1v) is 10.7. The number of benzene rings is 2. The Balaban J connectivity index is 1.61. The molecule has 0 unspecified atom stereocenters. The molecule has 7 heteroatoms. The Bertz CT molecular complexity index is 970. The lowest BCUT2D eigenvalue weighted by atomic mass is 9.91. The molecular formula is C24H29N3O4. The van der Waals surface area contributed by atoms with Gasteiger partial charge in [0.15, 0.2) is 11.5 Å². The van der Waals surface area contributed by atoms with E-state index in [2.05, 4.69) is 10.6 Å². The van der Waals surface area contributed by atoms with Crippen molar-refractivity contribution in [2.75, 3.05) is 32.6 Å². The van der Waals surface area contributed by atoms with E-state index in [1.54, 1.807) is 19.1 Å². The summed E-state index contributed by atoms with van der Waals surface area (Å²) in [6.07, 6.45) is 2.58. The van der Waals surface area contributed by atoms with Crippen LogP contribution in [0.5, 0.6) is 11.5 Å². The summed E-state index contributed by atoms with van der Waals surface area (Å²) >= 11 is 0. The zero-order valence-corrected chi connectivity index (χ0v) is 18.2. The molecule has 4 rings (SSSR count). The first kappa shape index (κ1) is 21.0. The van der Waals surface area contributed by atoms with Gasteiger partial charge in [-0.15, -0.1) is 0 Å². The molecule has 0 bridgehead atoms. The highest BCUT2D eigenvalue weighted by molar-refractivity contribution is 5.90. The smallest absolute Gasteiger partial charge is 0.322 e. The largest absolute Gasteiger partial charge is 0.493 e. The summed E-state index contributed by atoms with van der Waals surface area (Å²) in [4.78, 5) is 27.3. The van der Waals surface area contributed by atoms with Gasteiger partial charge in [-0.3, -0.25) is 4.79 Å². The minimum absolute atomic E-state index is 0.0616. The van der Waals surface area contributed by atoms with Crippen molar-refractivity contribution in [2.24, 2.45) is 5.92 Å². The highest BCUT2D eigenvalue weighted by Crippen LogP contribution is 2.38. The predicted octanol–water partition coefficient (Wildman–Crippen LogP) is 3.67. The van der Waals surface area contributed by atoms with E-state index in [1.807, 2.05) is 43.3 Å². The summed E-state index contributed by atoms with van der Waals surface area (Å²) in [5.41, 5.74) is 3.95. The van der Waals surface area contributed by atoms with Crippen LogP contribution in [-0.2, 0) is 11.2 Å². The van der Waals surface area contributed by atoms with Gasteiger partial charge in [0.25, 0.3) is 0 Å². The first-order valence-electron chi connectivity index (χ1n) is 10.7. The minimum Gasteiger partial charge on any atom is -0.493 e. The number of aryl methyl sites for hydroxylation is 1. The van der Waals surface area contributed by atoms with Crippen LogP contribution >= 0.6 is 0 Å². The van der Waals surface area contributed by atoms with Gasteiger partial charge in [0.1, 0.15) is 0 Å². The number of anilines is 1. The van der Waals surface area contributed by atoms with Gasteiger partial charge in [-0.25, -0.2) is 4.79 Å². The summed E-state index contributed by atoms with van der Waals surface area (Å²) in [6.45, 7) is 2.91. The van der Waals surface area contributed by atoms with E-state index in [0.717, 1.165) is 35.2 Å². The Labute approximate surface area is 182 Å². The molecule has 0 saturated heterocycles. The number of amides is 3. The van der Waals surface area contributed by atoms with Crippen LogP contribution in [0.4, 0.5) is 10.5 Å². The van der Waals surface area contributed by atoms with Crippen molar-refractivity contribution >= 4 is 17.6 Å². The Morgan fingerprint density at radius 1 is 1.06 bits per heavy atom. The molecule has 2 aliphatic rings. The second-order valence-electron chi connectivity index (χ2n) is 8.18. The third-order valence-corrected chi connectivity index (χ3v) is 5.98. The Morgan fingerprint density at radius 3 is 2.39 bits per heavy atom. The van der Waals surface area contributed by atoms with Crippen LogP contribution in [-0.4, -0.2) is 44.1 Å². The first-order chi connectivity index (χ1) is 15.0. The lowest BCUT2D eigenvalue weighted by Crippen LogP contribution is -2.47. The molecule has 1 heterocycles. The summed E-state index contributed by atoms with van der Waals surface area (Å²) < 4.78 is 10.9. The lowest BCUT2D eigenvalue weighted by molar-refractivity contribution is -0.122. The standard InChI is InChI=1S/C24H29N3O4/c1-15-4-8-18(9-5-15)26-24(29)27-11-10-17-12-21(30-2)22(31-3)13-19(17)20(27)14-25-23(28)16-6-7-16/h4-5,8-9,12-13,16,20H,6-7,10-11,14H2,1-3H3,(H,25,28)(H,26,29)/t20-/m1/s1. The number of nitrogens with one attached hydrogen (secondary N) is 2. The molecule has 1 aliphatic heterocycles. The number of nitrogens with zero attached hydrogens (tertiary/aromatic N) is 1. The second kappa shape index (κ2) is 8.88. The van der Waals surface area contributed by atoms with Gasteiger partial charge in [-0.1, -0.05) is 17.7 Å². The maximum Gasteiger partial charge on any atom is 0.322 e. The number of ether oxygens (including phenoxy) is 2. The van der Waals surface area contributed by atoms with Crippen LogP contribution in [0, 0.1) is 12.8 Å². The molecule has 1 saturated carbocycles. The normalized spacial score (nSPS) is 17.5. The van der Waals surface area contributed by atoms with Gasteiger partial charge in [-0.2, -0.15) is 0 Å². The van der Waals surface area contributed by atoms with E-state index < -0.39 is 0 Å². The highest BCUT2D eigenvalue weighted by Gasteiger charge is 2.35. The van der Waals surface area contributed by atoms with Crippen LogP contribution < -0.4 is 20.1 Å². The number of carbonyl (C=O) groups excluding carboxylic acids is 2. The molecular weight excluding hydrogens is 394 g/mol. The Kier molecular flexibility index (Phi) is 6.02. The van der Waals surface area contributed by atoms with E-state index >= 15 is 0 Å². The van der Waals surface area contributed by atoms with Gasteiger partial charge >= 0.3 is 6.03 Å². The van der Waals surface area contributed by atoms with Crippen molar-refractivity contribution < 1.29 is 19.1 Å². The zero-order chi connectivity index (χ0) is 22.0. The van der Waals surface area contributed by atoms with Crippen LogP contribution in [0.3, 0.4) is 0 Å². The third-order valence-electron chi connectivity index (χ3n) is 5.98. The molecule has 1 fully saturated rings. The monoisotopic (exact) mass is 423 g/mol. The van der Waals surface area contributed by atoms with Gasteiger partial charge in [-0.05, 0) is 61.6 Å². The van der Waals surface area contributed by atoms with Crippen molar-refractivity contribution in [1.29, 1.82) is 0 Å². The summed E-state index contributed by atoms with van der Waals surface area (Å²) in [5.74, 6) is 1.45. The Morgan fingerprint density at radius 2 is 1.74 bits per heavy atom. The predicted molar refractivity (Wildman–Crippen MR) is 119 cm³/mol. The minimum atomic E-state index is -0.295. The van der Waals surface area contributed by atoms with Crippen molar-refractivity contribution in [3.8, 4) is 11.5 Å². The number of rotatable bonds is 6. The van der Waals surface area contributed by atoms with Crippen molar-refractivity contribution in [3.63, 3.8) is 0 Å². The van der Waals surface area contributed by atoms with E-state index in [-0.39, 0.29) is 23.9 Å². The molecule has 0 spiro atoms. The van der Waals surface area contributed by atoms with Gasteiger partial charge in [0.05, 0.1) is 20.3 Å². The quantitative estimate of drug-likeness (QED) is 0.743. The van der Waals surface area contributed by atoms with Crippen molar-refractivity contribution in [1.82, 2.24) is 10.2 Å². The van der Waals surface area contributed by atoms with Crippen LogP contribution in [0.2, 0.25) is 0 Å². The van der Waals surface area contributed by atoms with Crippen LogP contribution in [0.1, 0.15) is 35.6 Å². The molecule has 31 heavy (non-hydrogen) atoms. The molecule has 3 amide bonds.